The van der Waals surface area contributed by atoms with E-state index in [1.54, 1.807) is 12.1 Å². The molecule has 1 aliphatic rings. The molecule has 5 nitrogen and oxygen atoms in total. The first kappa shape index (κ1) is 29.2. The van der Waals surface area contributed by atoms with Crippen molar-refractivity contribution in [2.24, 2.45) is 0 Å². The van der Waals surface area contributed by atoms with Crippen molar-refractivity contribution in [2.75, 3.05) is 37.1 Å². The molecule has 3 unspecified atom stereocenters. The van der Waals surface area contributed by atoms with Crippen molar-refractivity contribution in [2.45, 2.75) is 74.5 Å². The lowest BCUT2D eigenvalue weighted by molar-refractivity contribution is 0.103. The second kappa shape index (κ2) is 15.1. The lowest BCUT2D eigenvalue weighted by atomic mass is 9.68. The van der Waals surface area contributed by atoms with Crippen LogP contribution in [0.25, 0.3) is 0 Å². The van der Waals surface area contributed by atoms with Gasteiger partial charge in [-0.1, -0.05) is 68.4 Å². The minimum Gasteiger partial charge on any atom is -0.616 e. The normalized spacial score (nSPS) is 20.2. The number of rotatable bonds is 16. The second-order valence-corrected chi connectivity index (χ2v) is 12.7. The van der Waals surface area contributed by atoms with Gasteiger partial charge in [0.15, 0.2) is 0 Å². The summed E-state index contributed by atoms with van der Waals surface area (Å²) in [5.74, 6) is 3.25. The molecule has 0 aromatic heterocycles. The Labute approximate surface area is 223 Å². The largest absolute Gasteiger partial charge is 0.616 e. The third-order valence-corrected chi connectivity index (χ3v) is 10.0. The molecule has 2 aromatic rings. The molecular formula is C29H42O5S2. The maximum atomic E-state index is 11.9. The van der Waals surface area contributed by atoms with E-state index in [2.05, 4.69) is 25.1 Å². The van der Waals surface area contributed by atoms with E-state index in [-0.39, 0.29) is 12.0 Å². The summed E-state index contributed by atoms with van der Waals surface area (Å²) in [4.78, 5) is 1.19. The summed E-state index contributed by atoms with van der Waals surface area (Å²) < 4.78 is 17.1. The molecule has 3 N–H and O–H groups in total. The zero-order valence-electron chi connectivity index (χ0n) is 21.5. The van der Waals surface area contributed by atoms with Gasteiger partial charge < -0.3 is 24.6 Å². The summed E-state index contributed by atoms with van der Waals surface area (Å²) >= 11 is 0.996. The minimum atomic E-state index is -0.819. The quantitative estimate of drug-likeness (QED) is 0.177. The molecule has 0 spiro atoms. The first-order valence-corrected chi connectivity index (χ1v) is 15.7. The van der Waals surface area contributed by atoms with E-state index < -0.39 is 11.2 Å². The second-order valence-electron chi connectivity index (χ2n) is 9.98. The predicted molar refractivity (Wildman–Crippen MR) is 150 cm³/mol. The SMILES string of the molecule is CC1(c2ccc(O)cc2)CSc2cc(O)ccc2C1CCCCCCCCC[S+]([O-])CCOCCO. The van der Waals surface area contributed by atoms with E-state index >= 15 is 0 Å². The molecule has 0 radical (unpaired) electrons. The molecule has 0 saturated carbocycles. The zero-order chi connectivity index (χ0) is 25.8. The van der Waals surface area contributed by atoms with Gasteiger partial charge in [-0.3, -0.25) is 0 Å². The van der Waals surface area contributed by atoms with Gasteiger partial charge in [-0.2, -0.15) is 0 Å². The van der Waals surface area contributed by atoms with Crippen LogP contribution in [0.1, 0.15) is 75.3 Å². The number of thioether (sulfide) groups is 1. The number of aromatic hydroxyl groups is 2. The molecule has 1 heterocycles. The number of hydrogen-bond acceptors (Lipinski definition) is 6. The fourth-order valence-corrected chi connectivity index (χ4v) is 7.56. The van der Waals surface area contributed by atoms with Crippen LogP contribution in [0.4, 0.5) is 0 Å². The van der Waals surface area contributed by atoms with Gasteiger partial charge in [0.1, 0.15) is 23.0 Å². The lowest BCUT2D eigenvalue weighted by Crippen LogP contribution is -2.36. The molecule has 0 saturated heterocycles. The molecule has 1 aliphatic heterocycles. The van der Waals surface area contributed by atoms with Gasteiger partial charge in [-0.25, -0.2) is 0 Å². The van der Waals surface area contributed by atoms with Crippen LogP contribution in [0.5, 0.6) is 11.5 Å². The van der Waals surface area contributed by atoms with E-state index in [1.807, 2.05) is 23.9 Å². The van der Waals surface area contributed by atoms with Crippen molar-refractivity contribution < 1.29 is 24.6 Å². The Hall–Kier alpha value is -1.38. The van der Waals surface area contributed by atoms with E-state index in [4.69, 9.17) is 9.84 Å². The van der Waals surface area contributed by atoms with Crippen LogP contribution in [-0.4, -0.2) is 57.0 Å². The van der Waals surface area contributed by atoms with Crippen LogP contribution in [0, 0.1) is 0 Å². The molecule has 0 bridgehead atoms. The first-order chi connectivity index (χ1) is 17.4. The summed E-state index contributed by atoms with van der Waals surface area (Å²) in [6.45, 7) is 3.14. The average Bonchev–Trinajstić information content (AvgIpc) is 2.87. The summed E-state index contributed by atoms with van der Waals surface area (Å²) in [5, 5.41) is 28.5. The highest BCUT2D eigenvalue weighted by atomic mass is 32.2. The molecule has 0 amide bonds. The monoisotopic (exact) mass is 534 g/mol. The summed E-state index contributed by atoms with van der Waals surface area (Å²) in [7, 11) is 0. The highest BCUT2D eigenvalue weighted by molar-refractivity contribution is 7.99. The van der Waals surface area contributed by atoms with Gasteiger partial charge in [0.2, 0.25) is 0 Å². The zero-order valence-corrected chi connectivity index (χ0v) is 23.1. The van der Waals surface area contributed by atoms with Crippen LogP contribution in [-0.2, 0) is 21.3 Å². The van der Waals surface area contributed by atoms with Crippen LogP contribution in [0.3, 0.4) is 0 Å². The van der Waals surface area contributed by atoms with Gasteiger partial charge in [0, 0.05) is 16.1 Å². The minimum absolute atomic E-state index is 0.0158. The Bertz CT molecular complexity index is 907. The fraction of sp³-hybridized carbons (Fsp3) is 0.586. The Morgan fingerprint density at radius 1 is 0.917 bits per heavy atom. The molecule has 3 rings (SSSR count). The molecule has 2 aromatic carbocycles. The summed E-state index contributed by atoms with van der Waals surface area (Å²) in [6, 6.07) is 13.5. The Kier molecular flexibility index (Phi) is 12.3. The highest BCUT2D eigenvalue weighted by Gasteiger charge is 2.41. The van der Waals surface area contributed by atoms with Crippen LogP contribution < -0.4 is 0 Å². The first-order valence-electron chi connectivity index (χ1n) is 13.2. The lowest BCUT2D eigenvalue weighted by Gasteiger charge is -2.43. The smallest absolute Gasteiger partial charge is 0.128 e. The summed E-state index contributed by atoms with van der Waals surface area (Å²) in [6.07, 6.45) is 9.22. The number of fused-ring (bicyclic) bond motifs is 1. The van der Waals surface area contributed by atoms with Crippen molar-refractivity contribution in [3.8, 4) is 11.5 Å². The van der Waals surface area contributed by atoms with Crippen molar-refractivity contribution in [3.05, 3.63) is 53.6 Å². The Balaban J connectivity index is 1.43. The predicted octanol–water partition coefficient (Wildman–Crippen LogP) is 6.12. The number of aliphatic hydroxyl groups is 1. The van der Waals surface area contributed by atoms with Crippen molar-refractivity contribution >= 4 is 22.9 Å². The van der Waals surface area contributed by atoms with Crippen LogP contribution in [0.2, 0.25) is 0 Å². The summed E-state index contributed by atoms with van der Waals surface area (Å²) in [5.41, 5.74) is 2.56. The highest BCUT2D eigenvalue weighted by Crippen LogP contribution is 2.52. The van der Waals surface area contributed by atoms with Gasteiger partial charge in [-0.15, -0.1) is 11.8 Å². The third-order valence-electron chi connectivity index (χ3n) is 7.25. The van der Waals surface area contributed by atoms with Gasteiger partial charge in [-0.05, 0) is 60.6 Å². The number of hydrogen-bond donors (Lipinski definition) is 3. The third kappa shape index (κ3) is 8.59. The molecule has 3 atom stereocenters. The molecule has 200 valence electrons. The maximum absolute atomic E-state index is 11.9. The number of benzene rings is 2. The van der Waals surface area contributed by atoms with E-state index in [9.17, 15) is 14.8 Å². The molecule has 0 aliphatic carbocycles. The molecule has 36 heavy (non-hydrogen) atoms. The Morgan fingerprint density at radius 3 is 2.31 bits per heavy atom. The number of ether oxygens (including phenoxy) is 1. The topological polar surface area (TPSA) is 93.0 Å². The van der Waals surface area contributed by atoms with Crippen molar-refractivity contribution in [1.29, 1.82) is 0 Å². The number of phenolic OH excluding ortho intramolecular Hbond substituents is 2. The number of unbranched alkanes of at least 4 members (excludes halogenated alkanes) is 6. The van der Waals surface area contributed by atoms with Crippen LogP contribution in [0.15, 0.2) is 47.4 Å². The Morgan fingerprint density at radius 2 is 1.58 bits per heavy atom. The molecule has 7 heteroatoms. The molecular weight excluding hydrogens is 492 g/mol. The van der Waals surface area contributed by atoms with Crippen LogP contribution >= 0.6 is 11.8 Å². The van der Waals surface area contributed by atoms with Gasteiger partial charge in [0.05, 0.1) is 19.8 Å². The number of phenols is 2. The van der Waals surface area contributed by atoms with Gasteiger partial charge in [0.25, 0.3) is 0 Å². The number of aliphatic hydroxyl groups excluding tert-OH is 1. The van der Waals surface area contributed by atoms with E-state index in [1.165, 1.54) is 48.1 Å². The van der Waals surface area contributed by atoms with E-state index in [0.29, 0.717) is 36.4 Å². The molecule has 0 fully saturated rings. The van der Waals surface area contributed by atoms with Crippen molar-refractivity contribution in [3.63, 3.8) is 0 Å². The van der Waals surface area contributed by atoms with E-state index in [0.717, 1.165) is 30.8 Å². The maximum Gasteiger partial charge on any atom is 0.128 e. The average molecular weight is 535 g/mol. The fourth-order valence-electron chi connectivity index (χ4n) is 5.12. The van der Waals surface area contributed by atoms with Crippen molar-refractivity contribution in [1.82, 2.24) is 0 Å². The van der Waals surface area contributed by atoms with Gasteiger partial charge >= 0.3 is 0 Å². The standard InChI is InChI=1S/C29H42O5S2/c1-29(23-10-12-24(31)13-11-23)22-35-28-21-25(32)14-15-26(28)27(29)9-7-5-3-2-4-6-8-19-36(33)20-18-34-17-16-30/h10-15,21,27,30-32H,2-9,16-20,22H2,1H3.